The van der Waals surface area contributed by atoms with Crippen molar-refractivity contribution in [2.45, 2.75) is 0 Å². The summed E-state index contributed by atoms with van der Waals surface area (Å²) in [7, 11) is 2.99. The van der Waals surface area contributed by atoms with Gasteiger partial charge in [0.15, 0.2) is 5.11 Å². The van der Waals surface area contributed by atoms with Crippen molar-refractivity contribution in [3.05, 3.63) is 48.0 Å². The molecule has 7 heteroatoms. The Morgan fingerprint density at radius 1 is 1.13 bits per heavy atom. The van der Waals surface area contributed by atoms with E-state index in [4.69, 9.17) is 21.7 Å². The maximum atomic E-state index is 12.2. The number of benzene rings is 2. The summed E-state index contributed by atoms with van der Waals surface area (Å²) in [6, 6.07) is 11.4. The zero-order valence-corrected chi connectivity index (χ0v) is 13.4. The lowest BCUT2D eigenvalue weighted by Crippen LogP contribution is -2.34. The molecule has 0 saturated heterocycles. The second-order valence-electron chi connectivity index (χ2n) is 4.49. The summed E-state index contributed by atoms with van der Waals surface area (Å²) in [5.41, 5.74) is 0.684. The Morgan fingerprint density at radius 3 is 2.57 bits per heavy atom. The highest BCUT2D eigenvalue weighted by Crippen LogP contribution is 2.27. The lowest BCUT2D eigenvalue weighted by atomic mass is 10.2. The van der Waals surface area contributed by atoms with Gasteiger partial charge in [-0.1, -0.05) is 12.1 Å². The van der Waals surface area contributed by atoms with E-state index >= 15 is 0 Å². The van der Waals surface area contributed by atoms with Gasteiger partial charge in [-0.2, -0.15) is 0 Å². The number of phenols is 1. The molecule has 0 fully saturated rings. The SMILES string of the molecule is COc1ccc(O)c(NC(=S)NC(=O)c2ccccc2OC)c1. The molecule has 3 N–H and O–H groups in total. The molecule has 23 heavy (non-hydrogen) atoms. The molecule has 0 aromatic heterocycles. The lowest BCUT2D eigenvalue weighted by molar-refractivity contribution is 0.0974. The number of rotatable bonds is 4. The zero-order chi connectivity index (χ0) is 16.8. The minimum atomic E-state index is -0.415. The Balaban J connectivity index is 2.09. The van der Waals surface area contributed by atoms with E-state index in [1.165, 1.54) is 20.3 Å². The minimum Gasteiger partial charge on any atom is -0.506 e. The van der Waals surface area contributed by atoms with Gasteiger partial charge >= 0.3 is 0 Å². The Hall–Kier alpha value is -2.80. The Bertz CT molecular complexity index is 734. The van der Waals surface area contributed by atoms with Gasteiger partial charge in [-0.15, -0.1) is 0 Å². The molecule has 0 saturated carbocycles. The average Bonchev–Trinajstić information content (AvgIpc) is 2.56. The number of aromatic hydroxyl groups is 1. The van der Waals surface area contributed by atoms with Crippen molar-refractivity contribution in [2.75, 3.05) is 19.5 Å². The van der Waals surface area contributed by atoms with Gasteiger partial charge in [0.25, 0.3) is 5.91 Å². The predicted molar refractivity (Wildman–Crippen MR) is 91.3 cm³/mol. The number of para-hydroxylation sites is 1. The number of anilines is 1. The van der Waals surface area contributed by atoms with E-state index in [0.717, 1.165) is 0 Å². The number of thiocarbonyl (C=S) groups is 1. The van der Waals surface area contributed by atoms with E-state index in [0.29, 0.717) is 22.7 Å². The van der Waals surface area contributed by atoms with Gasteiger partial charge in [-0.25, -0.2) is 0 Å². The van der Waals surface area contributed by atoms with Crippen LogP contribution >= 0.6 is 12.2 Å². The fourth-order valence-corrected chi connectivity index (χ4v) is 2.10. The number of carbonyl (C=O) groups excluding carboxylic acids is 1. The Labute approximate surface area is 139 Å². The fourth-order valence-electron chi connectivity index (χ4n) is 1.90. The molecule has 0 aliphatic rings. The van der Waals surface area contributed by atoms with Crippen molar-refractivity contribution in [3.63, 3.8) is 0 Å². The first-order chi connectivity index (χ1) is 11.0. The van der Waals surface area contributed by atoms with Crippen LogP contribution in [0.1, 0.15) is 10.4 Å². The van der Waals surface area contributed by atoms with Crippen LogP contribution in [0.15, 0.2) is 42.5 Å². The lowest BCUT2D eigenvalue weighted by Gasteiger charge is -2.13. The highest BCUT2D eigenvalue weighted by atomic mass is 32.1. The van der Waals surface area contributed by atoms with Crippen LogP contribution < -0.4 is 20.1 Å². The van der Waals surface area contributed by atoms with E-state index in [1.807, 2.05) is 0 Å². The van der Waals surface area contributed by atoms with Crippen molar-refractivity contribution < 1.29 is 19.4 Å². The normalized spacial score (nSPS) is 9.83. The van der Waals surface area contributed by atoms with Crippen LogP contribution in [0.2, 0.25) is 0 Å². The van der Waals surface area contributed by atoms with Crippen molar-refractivity contribution >= 4 is 28.9 Å². The number of methoxy groups -OCH3 is 2. The quantitative estimate of drug-likeness (QED) is 0.590. The molecule has 1 amide bonds. The first-order valence-electron chi connectivity index (χ1n) is 6.67. The van der Waals surface area contributed by atoms with Crippen LogP contribution in [0, 0.1) is 0 Å². The number of carbonyl (C=O) groups is 1. The van der Waals surface area contributed by atoms with E-state index < -0.39 is 5.91 Å². The third kappa shape index (κ3) is 4.10. The van der Waals surface area contributed by atoms with Crippen molar-refractivity contribution in [1.82, 2.24) is 5.32 Å². The van der Waals surface area contributed by atoms with E-state index in [2.05, 4.69) is 10.6 Å². The predicted octanol–water partition coefficient (Wildman–Crippen LogP) is 2.54. The number of nitrogens with one attached hydrogen (secondary N) is 2. The number of ether oxygens (including phenoxy) is 2. The smallest absolute Gasteiger partial charge is 0.261 e. The molecule has 0 aliphatic carbocycles. The van der Waals surface area contributed by atoms with E-state index in [9.17, 15) is 9.90 Å². The fraction of sp³-hybridized carbons (Fsp3) is 0.125. The molecule has 0 radical (unpaired) electrons. The number of hydrogen-bond acceptors (Lipinski definition) is 5. The number of hydrogen-bond donors (Lipinski definition) is 3. The summed E-state index contributed by atoms with van der Waals surface area (Å²) in [6.07, 6.45) is 0. The van der Waals surface area contributed by atoms with E-state index in [-0.39, 0.29) is 10.9 Å². The van der Waals surface area contributed by atoms with Gasteiger partial charge in [0.1, 0.15) is 17.2 Å². The second-order valence-corrected chi connectivity index (χ2v) is 4.90. The van der Waals surface area contributed by atoms with Crippen LogP contribution in [0.5, 0.6) is 17.2 Å². The van der Waals surface area contributed by atoms with Crippen LogP contribution in [0.25, 0.3) is 0 Å². The molecule has 0 aliphatic heterocycles. The minimum absolute atomic E-state index is 0.0142. The van der Waals surface area contributed by atoms with Gasteiger partial charge in [-0.05, 0) is 36.5 Å². The molecule has 0 heterocycles. The third-order valence-corrected chi connectivity index (χ3v) is 3.23. The monoisotopic (exact) mass is 332 g/mol. The maximum absolute atomic E-state index is 12.2. The molecule has 2 rings (SSSR count). The first-order valence-corrected chi connectivity index (χ1v) is 7.08. The number of amides is 1. The van der Waals surface area contributed by atoms with Gasteiger partial charge < -0.3 is 19.9 Å². The second kappa shape index (κ2) is 7.46. The van der Waals surface area contributed by atoms with Crippen LogP contribution in [0.3, 0.4) is 0 Å². The average molecular weight is 332 g/mol. The van der Waals surface area contributed by atoms with Crippen LogP contribution in [0.4, 0.5) is 5.69 Å². The van der Waals surface area contributed by atoms with E-state index in [1.54, 1.807) is 36.4 Å². The van der Waals surface area contributed by atoms with Gasteiger partial charge in [0.2, 0.25) is 0 Å². The molecule has 0 unspecified atom stereocenters. The molecule has 2 aromatic rings. The molecule has 0 atom stereocenters. The molecule has 2 aromatic carbocycles. The topological polar surface area (TPSA) is 79.8 Å². The van der Waals surface area contributed by atoms with Gasteiger partial charge in [-0.3, -0.25) is 10.1 Å². The Kier molecular flexibility index (Phi) is 5.37. The molecule has 120 valence electrons. The summed E-state index contributed by atoms with van der Waals surface area (Å²) in [6.45, 7) is 0. The largest absolute Gasteiger partial charge is 0.506 e. The summed E-state index contributed by atoms with van der Waals surface area (Å²) < 4.78 is 10.2. The van der Waals surface area contributed by atoms with Gasteiger partial charge in [0, 0.05) is 6.07 Å². The Morgan fingerprint density at radius 2 is 1.87 bits per heavy atom. The van der Waals surface area contributed by atoms with Crippen LogP contribution in [-0.2, 0) is 0 Å². The zero-order valence-electron chi connectivity index (χ0n) is 12.6. The number of phenolic OH excluding ortho intramolecular Hbond substituents is 1. The molecule has 0 bridgehead atoms. The van der Waals surface area contributed by atoms with Crippen molar-refractivity contribution in [3.8, 4) is 17.2 Å². The standard InChI is InChI=1S/C16H16N2O4S/c1-21-10-7-8-13(19)12(9-10)17-16(23)18-15(20)11-5-3-4-6-14(11)22-2/h3-9,19H,1-2H3,(H2,17,18,20,23). The molecule has 6 nitrogen and oxygen atoms in total. The van der Waals surface area contributed by atoms with Crippen molar-refractivity contribution in [1.29, 1.82) is 0 Å². The maximum Gasteiger partial charge on any atom is 0.261 e. The summed E-state index contributed by atoms with van der Waals surface area (Å²) in [5.74, 6) is 0.559. The van der Waals surface area contributed by atoms with Crippen LogP contribution in [-0.4, -0.2) is 30.3 Å². The molecular weight excluding hydrogens is 316 g/mol. The third-order valence-electron chi connectivity index (χ3n) is 3.03. The summed E-state index contributed by atoms with van der Waals surface area (Å²) in [4.78, 5) is 12.2. The van der Waals surface area contributed by atoms with Gasteiger partial charge in [0.05, 0.1) is 25.5 Å². The highest BCUT2D eigenvalue weighted by Gasteiger charge is 2.13. The first kappa shape index (κ1) is 16.6. The van der Waals surface area contributed by atoms with Crippen molar-refractivity contribution in [2.24, 2.45) is 0 Å². The summed E-state index contributed by atoms with van der Waals surface area (Å²) in [5, 5.41) is 15.1. The molecular formula is C16H16N2O4S. The summed E-state index contributed by atoms with van der Waals surface area (Å²) >= 11 is 5.10. The molecule has 0 spiro atoms. The highest BCUT2D eigenvalue weighted by molar-refractivity contribution is 7.80.